The molecule has 1 heterocycles. The molecule has 2 rings (SSSR count). The second-order valence-corrected chi connectivity index (χ2v) is 2.83. The summed E-state index contributed by atoms with van der Waals surface area (Å²) in [6, 6.07) is 5.17. The second kappa shape index (κ2) is 3.47. The number of nitrogens with two attached hydrogens (primary N) is 1. The maximum Gasteiger partial charge on any atom is 0.122 e. The van der Waals surface area contributed by atoms with E-state index in [1.807, 2.05) is 6.07 Å². The Hall–Kier alpha value is -1.88. The van der Waals surface area contributed by atoms with Crippen LogP contribution in [0.1, 0.15) is 5.56 Å². The molecule has 0 spiro atoms. The summed E-state index contributed by atoms with van der Waals surface area (Å²) in [6.07, 6.45) is 3.28. The highest BCUT2D eigenvalue weighted by Crippen LogP contribution is 2.22. The molecule has 0 radical (unpaired) electrons. The average Bonchev–Trinajstić information content (AvgIpc) is 2.70. The molecule has 5 heteroatoms. The Labute approximate surface area is 80.8 Å². The highest BCUT2D eigenvalue weighted by molar-refractivity contribution is 5.48. The molecular weight excluding hydrogens is 180 g/mol. The van der Waals surface area contributed by atoms with E-state index in [4.69, 9.17) is 5.73 Å². The number of phenols is 1. The van der Waals surface area contributed by atoms with Crippen molar-refractivity contribution in [2.24, 2.45) is 5.73 Å². The highest BCUT2D eigenvalue weighted by atomic mass is 16.3. The van der Waals surface area contributed by atoms with Crippen molar-refractivity contribution in [3.8, 4) is 11.4 Å². The molecule has 0 aliphatic carbocycles. The van der Waals surface area contributed by atoms with Gasteiger partial charge in [-0.05, 0) is 12.1 Å². The van der Waals surface area contributed by atoms with E-state index in [2.05, 4.69) is 10.3 Å². The molecule has 0 saturated carbocycles. The largest absolute Gasteiger partial charge is 0.508 e. The number of hydrogen-bond acceptors (Lipinski definition) is 4. The molecular formula is C9H10N4O. The molecule has 5 nitrogen and oxygen atoms in total. The molecule has 72 valence electrons. The van der Waals surface area contributed by atoms with Crippen LogP contribution in [-0.4, -0.2) is 20.1 Å². The van der Waals surface area contributed by atoms with Gasteiger partial charge in [0.15, 0.2) is 0 Å². The third kappa shape index (κ3) is 1.33. The minimum atomic E-state index is 0.181. The predicted molar refractivity (Wildman–Crippen MR) is 50.9 cm³/mol. The van der Waals surface area contributed by atoms with Crippen LogP contribution in [-0.2, 0) is 6.54 Å². The third-order valence-electron chi connectivity index (χ3n) is 2.00. The van der Waals surface area contributed by atoms with Crippen LogP contribution in [0.15, 0.2) is 30.6 Å². The zero-order chi connectivity index (χ0) is 9.97. The number of hydrogen-bond donors (Lipinski definition) is 2. The monoisotopic (exact) mass is 190 g/mol. The maximum atomic E-state index is 9.55. The summed E-state index contributed by atoms with van der Waals surface area (Å²) in [5, 5.41) is 17.1. The van der Waals surface area contributed by atoms with Crippen LogP contribution in [0, 0.1) is 0 Å². The summed E-state index contributed by atoms with van der Waals surface area (Å²) in [7, 11) is 0. The molecule has 0 amide bonds. The number of aromatic nitrogens is 3. The molecule has 0 aliphatic heterocycles. The lowest BCUT2D eigenvalue weighted by atomic mass is 10.1. The summed E-state index contributed by atoms with van der Waals surface area (Å²) in [5.74, 6) is 0.181. The van der Waals surface area contributed by atoms with Crippen LogP contribution in [0.4, 0.5) is 0 Å². The first-order valence-electron chi connectivity index (χ1n) is 4.20. The van der Waals surface area contributed by atoms with Gasteiger partial charge in [-0.3, -0.25) is 0 Å². The summed E-state index contributed by atoms with van der Waals surface area (Å²) in [4.78, 5) is 0. The third-order valence-corrected chi connectivity index (χ3v) is 2.00. The Bertz CT molecular complexity index is 424. The first kappa shape index (κ1) is 8.71. The molecule has 14 heavy (non-hydrogen) atoms. The Kier molecular flexibility index (Phi) is 2.16. The van der Waals surface area contributed by atoms with Gasteiger partial charge < -0.3 is 10.8 Å². The van der Waals surface area contributed by atoms with Crippen LogP contribution in [0.25, 0.3) is 5.69 Å². The van der Waals surface area contributed by atoms with Gasteiger partial charge in [0.2, 0.25) is 0 Å². The van der Waals surface area contributed by atoms with Crippen molar-refractivity contribution in [1.29, 1.82) is 0 Å². The van der Waals surface area contributed by atoms with E-state index >= 15 is 0 Å². The smallest absolute Gasteiger partial charge is 0.122 e. The van der Waals surface area contributed by atoms with Gasteiger partial charge in [0.1, 0.15) is 5.75 Å². The number of benzene rings is 1. The molecule has 3 N–H and O–H groups in total. The fourth-order valence-electron chi connectivity index (χ4n) is 1.32. The first-order chi connectivity index (χ1) is 6.83. The van der Waals surface area contributed by atoms with Crippen LogP contribution in [0.5, 0.6) is 5.75 Å². The van der Waals surface area contributed by atoms with Crippen molar-refractivity contribution in [3.05, 3.63) is 36.2 Å². The minimum absolute atomic E-state index is 0.181. The van der Waals surface area contributed by atoms with Gasteiger partial charge in [-0.15, -0.1) is 5.10 Å². The van der Waals surface area contributed by atoms with Gasteiger partial charge in [0, 0.05) is 12.1 Å². The lowest BCUT2D eigenvalue weighted by Crippen LogP contribution is -2.05. The standard InChI is InChI=1S/C9H10N4O/c10-6-7-8(2-1-3-9(7)14)13-5-4-11-12-13/h1-5,14H,6,10H2. The van der Waals surface area contributed by atoms with Crippen molar-refractivity contribution >= 4 is 0 Å². The Balaban J connectivity index is 2.58. The maximum absolute atomic E-state index is 9.55. The zero-order valence-corrected chi connectivity index (χ0v) is 7.46. The number of nitrogens with zero attached hydrogens (tertiary/aromatic N) is 3. The summed E-state index contributed by atoms with van der Waals surface area (Å²) in [6.45, 7) is 0.266. The van der Waals surface area contributed by atoms with E-state index in [1.165, 1.54) is 0 Å². The normalized spacial score (nSPS) is 10.4. The van der Waals surface area contributed by atoms with Crippen molar-refractivity contribution in [3.63, 3.8) is 0 Å². The van der Waals surface area contributed by atoms with Crippen LogP contribution < -0.4 is 5.73 Å². The van der Waals surface area contributed by atoms with Crippen LogP contribution in [0.2, 0.25) is 0 Å². The topological polar surface area (TPSA) is 77.0 Å². The molecule has 2 aromatic rings. The number of rotatable bonds is 2. The lowest BCUT2D eigenvalue weighted by Gasteiger charge is -2.08. The fraction of sp³-hybridized carbons (Fsp3) is 0.111. The Morgan fingerprint density at radius 2 is 2.29 bits per heavy atom. The molecule has 0 fully saturated rings. The fourth-order valence-corrected chi connectivity index (χ4v) is 1.32. The van der Waals surface area contributed by atoms with E-state index in [1.54, 1.807) is 29.2 Å². The van der Waals surface area contributed by atoms with Crippen molar-refractivity contribution in [2.75, 3.05) is 0 Å². The number of phenolic OH excluding ortho intramolecular Hbond substituents is 1. The van der Waals surface area contributed by atoms with Crippen LogP contribution in [0.3, 0.4) is 0 Å². The van der Waals surface area contributed by atoms with Gasteiger partial charge in [-0.2, -0.15) is 0 Å². The summed E-state index contributed by atoms with van der Waals surface area (Å²) in [5.41, 5.74) is 6.96. The van der Waals surface area contributed by atoms with Gasteiger partial charge in [0.25, 0.3) is 0 Å². The summed E-state index contributed by atoms with van der Waals surface area (Å²) >= 11 is 0. The van der Waals surface area contributed by atoms with Gasteiger partial charge >= 0.3 is 0 Å². The van der Waals surface area contributed by atoms with E-state index in [-0.39, 0.29) is 12.3 Å². The van der Waals surface area contributed by atoms with E-state index in [0.29, 0.717) is 5.56 Å². The van der Waals surface area contributed by atoms with Crippen LogP contribution >= 0.6 is 0 Å². The molecule has 0 aliphatic rings. The van der Waals surface area contributed by atoms with Gasteiger partial charge in [0.05, 0.1) is 18.1 Å². The number of aromatic hydroxyl groups is 1. The summed E-state index contributed by atoms with van der Waals surface area (Å²) < 4.78 is 1.57. The van der Waals surface area contributed by atoms with Crippen molar-refractivity contribution < 1.29 is 5.11 Å². The van der Waals surface area contributed by atoms with Crippen molar-refractivity contribution in [2.45, 2.75) is 6.54 Å². The van der Waals surface area contributed by atoms with E-state index in [9.17, 15) is 5.11 Å². The molecule has 0 bridgehead atoms. The molecule has 0 unspecified atom stereocenters. The quantitative estimate of drug-likeness (QED) is 0.720. The highest BCUT2D eigenvalue weighted by Gasteiger charge is 2.07. The second-order valence-electron chi connectivity index (χ2n) is 2.83. The Morgan fingerprint density at radius 3 is 2.93 bits per heavy atom. The van der Waals surface area contributed by atoms with Crippen molar-refractivity contribution in [1.82, 2.24) is 15.0 Å². The SMILES string of the molecule is NCc1c(O)cccc1-n1ccnn1. The Morgan fingerprint density at radius 1 is 1.43 bits per heavy atom. The lowest BCUT2D eigenvalue weighted by molar-refractivity contribution is 0.467. The van der Waals surface area contributed by atoms with Gasteiger partial charge in [-0.1, -0.05) is 11.3 Å². The first-order valence-corrected chi connectivity index (χ1v) is 4.20. The molecule has 0 atom stereocenters. The molecule has 1 aromatic heterocycles. The predicted octanol–water partition coefficient (Wildman–Crippen LogP) is 0.432. The zero-order valence-electron chi connectivity index (χ0n) is 7.46. The average molecular weight is 190 g/mol. The van der Waals surface area contributed by atoms with E-state index < -0.39 is 0 Å². The molecule has 1 aromatic carbocycles. The van der Waals surface area contributed by atoms with Gasteiger partial charge in [-0.25, -0.2) is 4.68 Å². The minimum Gasteiger partial charge on any atom is -0.508 e. The molecule has 0 saturated heterocycles. The van der Waals surface area contributed by atoms with E-state index in [0.717, 1.165) is 5.69 Å².